The molecule has 0 aliphatic carbocycles. The molecule has 2 N–H and O–H groups in total. The largest absolute Gasteiger partial charge is 0.399 e. The summed E-state index contributed by atoms with van der Waals surface area (Å²) in [5, 5.41) is 4.03. The Morgan fingerprint density at radius 1 is 1.40 bits per heavy atom. The van der Waals surface area contributed by atoms with Crippen molar-refractivity contribution < 1.29 is 8.42 Å². The molecule has 1 aromatic heterocycles. The van der Waals surface area contributed by atoms with Gasteiger partial charge in [-0.15, -0.1) is 0 Å². The molecule has 1 heterocycles. The Morgan fingerprint density at radius 2 is 2.10 bits per heavy atom. The van der Waals surface area contributed by atoms with Crippen LogP contribution in [0, 0.1) is 6.92 Å². The SMILES string of the molecule is Cc1ccc(N)cc1S(=O)(=O)N(C)Cc1cnn(C)c1. The molecule has 1 aromatic carbocycles. The summed E-state index contributed by atoms with van der Waals surface area (Å²) in [6.45, 7) is 2.02. The van der Waals surface area contributed by atoms with Gasteiger partial charge in [0.1, 0.15) is 0 Å². The van der Waals surface area contributed by atoms with Crippen LogP contribution in [0.5, 0.6) is 0 Å². The van der Waals surface area contributed by atoms with Gasteiger partial charge in [-0.05, 0) is 24.6 Å². The third-order valence-corrected chi connectivity index (χ3v) is 5.01. The van der Waals surface area contributed by atoms with Crippen molar-refractivity contribution in [2.75, 3.05) is 12.8 Å². The highest BCUT2D eigenvalue weighted by molar-refractivity contribution is 7.89. The zero-order chi connectivity index (χ0) is 14.9. The van der Waals surface area contributed by atoms with Gasteiger partial charge in [0.05, 0.1) is 11.1 Å². The lowest BCUT2D eigenvalue weighted by Gasteiger charge is -2.18. The zero-order valence-electron chi connectivity index (χ0n) is 11.7. The van der Waals surface area contributed by atoms with Crippen molar-refractivity contribution >= 4 is 15.7 Å². The first kappa shape index (κ1) is 14.5. The smallest absolute Gasteiger partial charge is 0.243 e. The summed E-state index contributed by atoms with van der Waals surface area (Å²) in [5.41, 5.74) is 7.63. The number of anilines is 1. The van der Waals surface area contributed by atoms with Crippen molar-refractivity contribution in [1.82, 2.24) is 14.1 Å². The molecule has 7 heteroatoms. The number of rotatable bonds is 4. The van der Waals surface area contributed by atoms with Crippen LogP contribution in [0.15, 0.2) is 35.5 Å². The highest BCUT2D eigenvalue weighted by atomic mass is 32.2. The van der Waals surface area contributed by atoms with Gasteiger partial charge in [0, 0.05) is 38.1 Å². The van der Waals surface area contributed by atoms with E-state index in [-0.39, 0.29) is 11.4 Å². The Hall–Kier alpha value is -1.86. The van der Waals surface area contributed by atoms with Crippen molar-refractivity contribution in [2.24, 2.45) is 7.05 Å². The molecule has 0 bridgehead atoms. The van der Waals surface area contributed by atoms with Crippen molar-refractivity contribution in [2.45, 2.75) is 18.4 Å². The molecule has 2 rings (SSSR count). The van der Waals surface area contributed by atoms with Crippen molar-refractivity contribution in [1.29, 1.82) is 0 Å². The number of nitrogens with zero attached hydrogens (tertiary/aromatic N) is 3. The maximum absolute atomic E-state index is 12.6. The van der Waals surface area contributed by atoms with Crippen LogP contribution in [0.3, 0.4) is 0 Å². The minimum Gasteiger partial charge on any atom is -0.399 e. The zero-order valence-corrected chi connectivity index (χ0v) is 12.6. The average molecular weight is 294 g/mol. The highest BCUT2D eigenvalue weighted by Crippen LogP contribution is 2.22. The van der Waals surface area contributed by atoms with E-state index in [0.29, 0.717) is 11.3 Å². The summed E-state index contributed by atoms with van der Waals surface area (Å²) in [4.78, 5) is 0.240. The number of aryl methyl sites for hydroxylation is 2. The van der Waals surface area contributed by atoms with Gasteiger partial charge in [-0.3, -0.25) is 4.68 Å². The van der Waals surface area contributed by atoms with E-state index in [1.54, 1.807) is 50.2 Å². The predicted octanol–water partition coefficient (Wildman–Crippen LogP) is 1.13. The van der Waals surface area contributed by atoms with Crippen molar-refractivity contribution in [3.8, 4) is 0 Å². The second-order valence-electron chi connectivity index (χ2n) is 4.81. The molecule has 2 aromatic rings. The quantitative estimate of drug-likeness (QED) is 0.857. The van der Waals surface area contributed by atoms with Gasteiger partial charge >= 0.3 is 0 Å². The fourth-order valence-electron chi connectivity index (χ4n) is 1.96. The Morgan fingerprint density at radius 3 is 2.70 bits per heavy atom. The number of aromatic nitrogens is 2. The molecule has 0 amide bonds. The van der Waals surface area contributed by atoms with Crippen LogP contribution >= 0.6 is 0 Å². The minimum atomic E-state index is -3.56. The van der Waals surface area contributed by atoms with Crippen LogP contribution in [-0.2, 0) is 23.6 Å². The van der Waals surface area contributed by atoms with E-state index in [1.807, 2.05) is 0 Å². The third kappa shape index (κ3) is 2.83. The van der Waals surface area contributed by atoms with Crippen LogP contribution in [0.2, 0.25) is 0 Å². The molecule has 0 saturated carbocycles. The normalized spacial score (nSPS) is 12.0. The van der Waals surface area contributed by atoms with Gasteiger partial charge in [0.15, 0.2) is 0 Å². The lowest BCUT2D eigenvalue weighted by molar-refractivity contribution is 0.466. The number of benzene rings is 1. The Labute approximate surface area is 118 Å². The standard InChI is InChI=1S/C13H18N4O2S/c1-10-4-5-12(14)6-13(10)20(18,19)17(3)9-11-7-15-16(2)8-11/h4-8H,9,14H2,1-3H3. The van der Waals surface area contributed by atoms with Crippen LogP contribution in [0.1, 0.15) is 11.1 Å². The summed E-state index contributed by atoms with van der Waals surface area (Å²) in [6, 6.07) is 4.89. The fraction of sp³-hybridized carbons (Fsp3) is 0.308. The molecule has 108 valence electrons. The number of nitrogen functional groups attached to an aromatic ring is 1. The predicted molar refractivity (Wildman–Crippen MR) is 77.5 cm³/mol. The lowest BCUT2D eigenvalue weighted by Crippen LogP contribution is -2.27. The summed E-state index contributed by atoms with van der Waals surface area (Å²) in [5.74, 6) is 0. The maximum Gasteiger partial charge on any atom is 0.243 e. The summed E-state index contributed by atoms with van der Waals surface area (Å²) in [6.07, 6.45) is 3.44. The van der Waals surface area contributed by atoms with E-state index in [0.717, 1.165) is 5.56 Å². The van der Waals surface area contributed by atoms with E-state index in [1.165, 1.54) is 10.4 Å². The molecular weight excluding hydrogens is 276 g/mol. The van der Waals surface area contributed by atoms with Crippen molar-refractivity contribution in [3.05, 3.63) is 41.7 Å². The molecule has 0 unspecified atom stereocenters. The molecule has 0 spiro atoms. The number of nitrogens with two attached hydrogens (primary N) is 1. The third-order valence-electron chi connectivity index (χ3n) is 3.06. The minimum absolute atomic E-state index is 0.240. The first-order valence-electron chi connectivity index (χ1n) is 6.10. The van der Waals surface area contributed by atoms with Gasteiger partial charge in [-0.25, -0.2) is 8.42 Å². The van der Waals surface area contributed by atoms with Crippen molar-refractivity contribution in [3.63, 3.8) is 0 Å². The lowest BCUT2D eigenvalue weighted by atomic mass is 10.2. The number of hydrogen-bond donors (Lipinski definition) is 1. The Kier molecular flexibility index (Phi) is 3.82. The van der Waals surface area contributed by atoms with Gasteiger partial charge in [0.25, 0.3) is 0 Å². The fourth-order valence-corrected chi connectivity index (χ4v) is 3.37. The van der Waals surface area contributed by atoms with Crippen LogP contribution < -0.4 is 5.73 Å². The van der Waals surface area contributed by atoms with Gasteiger partial charge in [0.2, 0.25) is 10.0 Å². The summed E-state index contributed by atoms with van der Waals surface area (Å²) >= 11 is 0. The molecule has 6 nitrogen and oxygen atoms in total. The van der Waals surface area contributed by atoms with Gasteiger partial charge < -0.3 is 5.73 Å². The monoisotopic (exact) mass is 294 g/mol. The molecular formula is C13H18N4O2S. The summed E-state index contributed by atoms with van der Waals surface area (Å²) in [7, 11) is -0.226. The van der Waals surface area contributed by atoms with E-state index < -0.39 is 10.0 Å². The topological polar surface area (TPSA) is 81.2 Å². The first-order chi connectivity index (χ1) is 9.30. The van der Waals surface area contributed by atoms with E-state index in [9.17, 15) is 8.42 Å². The number of hydrogen-bond acceptors (Lipinski definition) is 4. The second-order valence-corrected chi connectivity index (χ2v) is 6.82. The number of sulfonamides is 1. The summed E-state index contributed by atoms with van der Waals surface area (Å²) < 4.78 is 28.1. The van der Waals surface area contributed by atoms with E-state index in [2.05, 4.69) is 5.10 Å². The average Bonchev–Trinajstić information content (AvgIpc) is 2.77. The first-order valence-corrected chi connectivity index (χ1v) is 7.54. The molecule has 0 radical (unpaired) electrons. The molecule has 0 saturated heterocycles. The van der Waals surface area contributed by atoms with Crippen LogP contribution in [0.25, 0.3) is 0 Å². The second kappa shape index (κ2) is 5.26. The van der Waals surface area contributed by atoms with Gasteiger partial charge in [-0.2, -0.15) is 9.40 Å². The van der Waals surface area contributed by atoms with E-state index in [4.69, 9.17) is 5.73 Å². The van der Waals surface area contributed by atoms with Crippen LogP contribution in [0.4, 0.5) is 5.69 Å². The molecule has 20 heavy (non-hydrogen) atoms. The molecule has 0 fully saturated rings. The maximum atomic E-state index is 12.6. The van der Waals surface area contributed by atoms with Crippen LogP contribution in [-0.4, -0.2) is 29.6 Å². The Bertz CT molecular complexity index is 722. The highest BCUT2D eigenvalue weighted by Gasteiger charge is 2.23. The van der Waals surface area contributed by atoms with E-state index >= 15 is 0 Å². The Balaban J connectivity index is 2.32. The molecule has 0 aliphatic rings. The molecule has 0 aliphatic heterocycles. The molecule has 0 atom stereocenters. The van der Waals surface area contributed by atoms with Gasteiger partial charge in [-0.1, -0.05) is 6.07 Å².